The monoisotopic (exact) mass is 561 g/mol. The summed E-state index contributed by atoms with van der Waals surface area (Å²) in [6, 6.07) is 27.7. The zero-order valence-corrected chi connectivity index (χ0v) is 23.9. The lowest BCUT2D eigenvalue weighted by atomic mass is 9.68. The van der Waals surface area contributed by atoms with Gasteiger partial charge >= 0.3 is 0 Å². The molecular weight excluding hydrogens is 522 g/mol. The predicted molar refractivity (Wildman–Crippen MR) is 158 cm³/mol. The number of piperidine rings is 1. The number of hydrogen-bond acceptors (Lipinski definition) is 4. The first kappa shape index (κ1) is 28.3. The number of nitrogens with zero attached hydrogens (tertiary/aromatic N) is 1. The molecule has 1 aliphatic carbocycles. The molecule has 2 fully saturated rings. The molecule has 7 nitrogen and oxygen atoms in total. The highest BCUT2D eigenvalue weighted by molar-refractivity contribution is 7.87. The van der Waals surface area contributed by atoms with Gasteiger partial charge in [0.2, 0.25) is 0 Å². The summed E-state index contributed by atoms with van der Waals surface area (Å²) in [5, 5.41) is 3.15. The minimum atomic E-state index is -3.56. The fourth-order valence-electron chi connectivity index (χ4n) is 6.26. The van der Waals surface area contributed by atoms with E-state index in [-0.39, 0.29) is 17.4 Å². The van der Waals surface area contributed by atoms with E-state index in [0.29, 0.717) is 49.7 Å². The SMILES string of the molecule is COc1ccccc1C(=O)NCC1(c2ccccc2)CCC(NS(=O)(=O)N2CCC(c3ccccc3)CC2)CC1. The molecule has 1 saturated heterocycles. The van der Waals surface area contributed by atoms with Gasteiger partial charge in [-0.2, -0.15) is 17.4 Å². The number of nitrogens with one attached hydrogen (secondary N) is 2. The highest BCUT2D eigenvalue weighted by Crippen LogP contribution is 2.40. The van der Waals surface area contributed by atoms with E-state index in [1.807, 2.05) is 48.5 Å². The summed E-state index contributed by atoms with van der Waals surface area (Å²) in [5.41, 5.74) is 2.69. The summed E-state index contributed by atoms with van der Waals surface area (Å²) >= 11 is 0. The molecule has 3 aromatic rings. The number of amides is 1. The fourth-order valence-corrected chi connectivity index (χ4v) is 7.76. The third-order valence-corrected chi connectivity index (χ3v) is 10.3. The van der Waals surface area contributed by atoms with E-state index in [2.05, 4.69) is 34.3 Å². The second-order valence-electron chi connectivity index (χ2n) is 11.0. The van der Waals surface area contributed by atoms with Crippen molar-refractivity contribution in [3.8, 4) is 5.75 Å². The van der Waals surface area contributed by atoms with E-state index < -0.39 is 10.2 Å². The van der Waals surface area contributed by atoms with Gasteiger partial charge in [0, 0.05) is 31.1 Å². The fraction of sp³-hybridized carbons (Fsp3) is 0.406. The van der Waals surface area contributed by atoms with E-state index >= 15 is 0 Å². The summed E-state index contributed by atoms with van der Waals surface area (Å²) in [6.07, 6.45) is 4.62. The van der Waals surface area contributed by atoms with Crippen LogP contribution in [0.25, 0.3) is 0 Å². The van der Waals surface area contributed by atoms with Crippen molar-refractivity contribution >= 4 is 16.1 Å². The number of carbonyl (C=O) groups excluding carboxylic acids is 1. The zero-order valence-electron chi connectivity index (χ0n) is 23.1. The molecule has 5 rings (SSSR count). The van der Waals surface area contributed by atoms with Crippen molar-refractivity contribution in [1.82, 2.24) is 14.3 Å². The predicted octanol–water partition coefficient (Wildman–Crippen LogP) is 5.02. The van der Waals surface area contributed by atoms with Gasteiger partial charge < -0.3 is 10.1 Å². The van der Waals surface area contributed by atoms with Gasteiger partial charge in [0.1, 0.15) is 5.75 Å². The topological polar surface area (TPSA) is 87.7 Å². The van der Waals surface area contributed by atoms with Crippen LogP contribution in [0.15, 0.2) is 84.9 Å². The Kier molecular flexibility index (Phi) is 8.88. The summed E-state index contributed by atoms with van der Waals surface area (Å²) in [5.74, 6) is 0.772. The first-order valence-corrected chi connectivity index (χ1v) is 15.6. The molecule has 0 spiro atoms. The quantitative estimate of drug-likeness (QED) is 0.384. The second kappa shape index (κ2) is 12.5. The number of rotatable bonds is 9. The maximum absolute atomic E-state index is 13.3. The Morgan fingerprint density at radius 3 is 2.12 bits per heavy atom. The summed E-state index contributed by atoms with van der Waals surface area (Å²) in [6.45, 7) is 1.54. The number of methoxy groups -OCH3 is 1. The maximum Gasteiger partial charge on any atom is 0.279 e. The van der Waals surface area contributed by atoms with Gasteiger partial charge in [0.15, 0.2) is 0 Å². The molecule has 0 atom stereocenters. The molecule has 0 bridgehead atoms. The largest absolute Gasteiger partial charge is 0.496 e. The number of benzene rings is 3. The average molecular weight is 562 g/mol. The molecule has 3 aromatic carbocycles. The van der Waals surface area contributed by atoms with Gasteiger partial charge in [0.25, 0.3) is 16.1 Å². The third kappa shape index (κ3) is 6.40. The minimum absolute atomic E-state index is 0.126. The third-order valence-electron chi connectivity index (χ3n) is 8.65. The number of hydrogen-bond donors (Lipinski definition) is 2. The lowest BCUT2D eigenvalue weighted by Gasteiger charge is -2.41. The van der Waals surface area contributed by atoms with Crippen molar-refractivity contribution in [3.63, 3.8) is 0 Å². The van der Waals surface area contributed by atoms with Crippen molar-refractivity contribution < 1.29 is 17.9 Å². The van der Waals surface area contributed by atoms with Gasteiger partial charge in [-0.3, -0.25) is 4.79 Å². The van der Waals surface area contributed by atoms with Crippen LogP contribution in [0.2, 0.25) is 0 Å². The summed E-state index contributed by atoms with van der Waals surface area (Å²) in [4.78, 5) is 13.1. The van der Waals surface area contributed by atoms with E-state index in [9.17, 15) is 13.2 Å². The molecule has 212 valence electrons. The molecule has 8 heteroatoms. The normalized spacial score (nSPS) is 22.5. The zero-order chi connectivity index (χ0) is 28.0. The van der Waals surface area contributed by atoms with Gasteiger partial charge in [-0.1, -0.05) is 72.8 Å². The van der Waals surface area contributed by atoms with Crippen molar-refractivity contribution in [3.05, 3.63) is 102 Å². The molecule has 2 aliphatic rings. The van der Waals surface area contributed by atoms with Crippen LogP contribution in [-0.4, -0.2) is 51.4 Å². The average Bonchev–Trinajstić information content (AvgIpc) is 3.01. The Bertz CT molecular complexity index is 1370. The van der Waals surface area contributed by atoms with Crippen molar-refractivity contribution in [2.75, 3.05) is 26.7 Å². The Hall–Kier alpha value is -3.20. The van der Waals surface area contributed by atoms with Crippen LogP contribution in [0.5, 0.6) is 5.75 Å². The van der Waals surface area contributed by atoms with E-state index in [1.165, 1.54) is 11.1 Å². The lowest BCUT2D eigenvalue weighted by molar-refractivity contribution is 0.0932. The number of ether oxygens (including phenoxy) is 1. The smallest absolute Gasteiger partial charge is 0.279 e. The number of carbonyl (C=O) groups is 1. The standard InChI is InChI=1S/C32H39N3O4S/c1-39-30-15-9-8-14-29(30)31(36)33-24-32(27-12-6-3-7-13-27)20-16-28(17-21-32)34-40(37,38)35-22-18-26(19-23-35)25-10-4-2-5-11-25/h2-15,26,28,34H,16-24H2,1H3,(H,33,36). The molecular formula is C32H39N3O4S. The van der Waals surface area contributed by atoms with Crippen LogP contribution in [-0.2, 0) is 15.6 Å². The lowest BCUT2D eigenvalue weighted by Crippen LogP contribution is -2.51. The van der Waals surface area contributed by atoms with Gasteiger partial charge in [-0.25, -0.2) is 0 Å². The molecule has 0 aromatic heterocycles. The molecule has 1 heterocycles. The molecule has 40 heavy (non-hydrogen) atoms. The van der Waals surface area contributed by atoms with E-state index in [1.54, 1.807) is 23.5 Å². The first-order chi connectivity index (χ1) is 19.4. The van der Waals surface area contributed by atoms with Crippen LogP contribution in [0.4, 0.5) is 0 Å². The van der Waals surface area contributed by atoms with Crippen molar-refractivity contribution in [1.29, 1.82) is 0 Å². The van der Waals surface area contributed by atoms with Gasteiger partial charge in [0.05, 0.1) is 12.7 Å². The molecule has 1 aliphatic heterocycles. The minimum Gasteiger partial charge on any atom is -0.496 e. The highest BCUT2D eigenvalue weighted by Gasteiger charge is 2.39. The van der Waals surface area contributed by atoms with Crippen LogP contribution < -0.4 is 14.8 Å². The Morgan fingerprint density at radius 1 is 0.875 bits per heavy atom. The summed E-state index contributed by atoms with van der Waals surface area (Å²) in [7, 11) is -2.00. The van der Waals surface area contributed by atoms with Crippen LogP contribution in [0.3, 0.4) is 0 Å². The van der Waals surface area contributed by atoms with Crippen LogP contribution >= 0.6 is 0 Å². The number of para-hydroxylation sites is 1. The Morgan fingerprint density at radius 2 is 1.48 bits per heavy atom. The Labute approximate surface area is 238 Å². The van der Waals surface area contributed by atoms with E-state index in [4.69, 9.17) is 4.74 Å². The van der Waals surface area contributed by atoms with E-state index in [0.717, 1.165) is 25.7 Å². The van der Waals surface area contributed by atoms with Gasteiger partial charge in [-0.05, 0) is 67.7 Å². The second-order valence-corrected chi connectivity index (χ2v) is 12.7. The first-order valence-electron chi connectivity index (χ1n) is 14.2. The molecule has 0 unspecified atom stereocenters. The molecule has 0 radical (unpaired) electrons. The molecule has 2 N–H and O–H groups in total. The highest BCUT2D eigenvalue weighted by atomic mass is 32.2. The van der Waals surface area contributed by atoms with Crippen molar-refractivity contribution in [2.45, 2.75) is 55.9 Å². The summed E-state index contributed by atoms with van der Waals surface area (Å²) < 4.78 is 36.6. The Balaban J connectivity index is 1.21. The molecule has 1 amide bonds. The molecule has 1 saturated carbocycles. The van der Waals surface area contributed by atoms with Crippen LogP contribution in [0.1, 0.15) is 65.9 Å². The van der Waals surface area contributed by atoms with Crippen molar-refractivity contribution in [2.24, 2.45) is 0 Å². The van der Waals surface area contributed by atoms with Crippen LogP contribution in [0, 0.1) is 0 Å². The maximum atomic E-state index is 13.3. The van der Waals surface area contributed by atoms with Gasteiger partial charge in [-0.15, -0.1) is 0 Å².